The maximum atomic E-state index is 11.2. The zero-order valence-corrected chi connectivity index (χ0v) is 10.8. The Morgan fingerprint density at radius 2 is 2.00 bits per heavy atom. The van der Waals surface area contributed by atoms with Gasteiger partial charge in [0.05, 0.1) is 6.54 Å². The Balaban J connectivity index is 2.81. The number of hydrogen-bond donors (Lipinski definition) is 2. The summed E-state index contributed by atoms with van der Waals surface area (Å²) in [5.74, 6) is -1.80. The number of carboxylic acid groups (broad SMARTS) is 1. The first kappa shape index (κ1) is 15.6. The molecule has 20 heavy (non-hydrogen) atoms. The fourth-order valence-corrected chi connectivity index (χ4v) is 1.71. The van der Waals surface area contributed by atoms with Gasteiger partial charge in [0.25, 0.3) is 0 Å². The maximum absolute atomic E-state index is 11.2. The van der Waals surface area contributed by atoms with Gasteiger partial charge in [-0.25, -0.2) is 0 Å². The van der Waals surface area contributed by atoms with E-state index in [9.17, 15) is 19.5 Å². The van der Waals surface area contributed by atoms with Gasteiger partial charge in [-0.15, -0.1) is 5.06 Å². The lowest BCUT2D eigenvalue weighted by Crippen LogP contribution is -2.41. The summed E-state index contributed by atoms with van der Waals surface area (Å²) >= 11 is 0. The van der Waals surface area contributed by atoms with Gasteiger partial charge in [0.1, 0.15) is 6.04 Å². The molecule has 108 valence electrons. The molecule has 3 N–H and O–H groups in total. The molecule has 0 bridgehead atoms. The van der Waals surface area contributed by atoms with Crippen LogP contribution < -0.4 is 5.73 Å². The van der Waals surface area contributed by atoms with Crippen LogP contribution in [0.15, 0.2) is 30.3 Å². The average Bonchev–Trinajstić information content (AvgIpc) is 2.39. The molecule has 0 unspecified atom stereocenters. The average molecular weight is 280 g/mol. The number of primary amides is 1. The van der Waals surface area contributed by atoms with Gasteiger partial charge in [0, 0.05) is 6.42 Å². The van der Waals surface area contributed by atoms with E-state index in [-0.39, 0.29) is 25.9 Å². The Kier molecular flexibility index (Phi) is 6.18. The van der Waals surface area contributed by atoms with Gasteiger partial charge in [-0.1, -0.05) is 30.3 Å². The van der Waals surface area contributed by atoms with Crippen molar-refractivity contribution in [1.82, 2.24) is 5.06 Å². The summed E-state index contributed by atoms with van der Waals surface area (Å²) in [4.78, 5) is 37.2. The van der Waals surface area contributed by atoms with Gasteiger partial charge >= 0.3 is 12.4 Å². The highest BCUT2D eigenvalue weighted by Gasteiger charge is 2.27. The number of nitrogens with two attached hydrogens (primary N) is 1. The largest absolute Gasteiger partial charge is 0.480 e. The molecule has 1 atom stereocenters. The van der Waals surface area contributed by atoms with Crippen LogP contribution >= 0.6 is 0 Å². The molecule has 0 fully saturated rings. The number of carbonyl (C=O) groups is 3. The zero-order chi connectivity index (χ0) is 15.0. The molecular weight excluding hydrogens is 264 g/mol. The predicted octanol–water partition coefficient (Wildman–Crippen LogP) is 0.295. The fourth-order valence-electron chi connectivity index (χ4n) is 1.71. The van der Waals surface area contributed by atoms with E-state index in [4.69, 9.17) is 10.6 Å². The molecule has 0 saturated carbocycles. The van der Waals surface area contributed by atoms with Crippen LogP contribution in [-0.4, -0.2) is 34.6 Å². The van der Waals surface area contributed by atoms with E-state index in [1.54, 1.807) is 24.3 Å². The normalized spacial score (nSPS) is 11.8. The van der Waals surface area contributed by atoms with Crippen LogP contribution in [0.4, 0.5) is 0 Å². The quantitative estimate of drug-likeness (QED) is 0.497. The molecule has 0 aliphatic carbocycles. The Bertz CT molecular complexity index is 463. The van der Waals surface area contributed by atoms with E-state index in [0.717, 1.165) is 10.6 Å². The highest BCUT2D eigenvalue weighted by atomic mass is 16.7. The number of aliphatic carboxylic acids is 1. The number of carbonyl (C=O) groups excluding carboxylic acids is 2. The molecule has 7 heteroatoms. The molecule has 0 spiro atoms. The second-order valence-electron chi connectivity index (χ2n) is 4.12. The summed E-state index contributed by atoms with van der Waals surface area (Å²) in [7, 11) is 0. The van der Waals surface area contributed by atoms with E-state index in [2.05, 4.69) is 0 Å². The molecule has 0 aliphatic rings. The Morgan fingerprint density at radius 3 is 2.50 bits per heavy atom. The minimum atomic E-state index is -1.19. The first-order valence-corrected chi connectivity index (χ1v) is 5.96. The number of hydrogen-bond acceptors (Lipinski definition) is 5. The SMILES string of the molecule is NC(=O)CC[C@@H](C(=O)O)N(Cc1ccccc1)OC=O. The Hall–Kier alpha value is -2.41. The number of benzene rings is 1. The summed E-state index contributed by atoms with van der Waals surface area (Å²) in [6.45, 7) is 0.262. The molecule has 0 aliphatic heterocycles. The molecule has 1 aromatic rings. The van der Waals surface area contributed by atoms with Crippen LogP contribution in [0.3, 0.4) is 0 Å². The van der Waals surface area contributed by atoms with Gasteiger partial charge in [-0.2, -0.15) is 0 Å². The van der Waals surface area contributed by atoms with Gasteiger partial charge in [0.15, 0.2) is 0 Å². The molecular formula is C13H16N2O5. The number of carboxylic acids is 1. The topological polar surface area (TPSA) is 110 Å². The first-order chi connectivity index (χ1) is 9.54. The summed E-state index contributed by atoms with van der Waals surface area (Å²) in [5, 5.41) is 10.2. The molecule has 0 saturated heterocycles. The van der Waals surface area contributed by atoms with E-state index in [1.165, 1.54) is 0 Å². The van der Waals surface area contributed by atoms with Crippen molar-refractivity contribution in [3.05, 3.63) is 35.9 Å². The van der Waals surface area contributed by atoms with Crippen molar-refractivity contribution < 1.29 is 24.3 Å². The van der Waals surface area contributed by atoms with Gasteiger partial charge in [-0.3, -0.25) is 14.4 Å². The van der Waals surface area contributed by atoms with Crippen molar-refractivity contribution in [3.63, 3.8) is 0 Å². The van der Waals surface area contributed by atoms with Crippen LogP contribution in [-0.2, 0) is 25.8 Å². The molecule has 7 nitrogen and oxygen atoms in total. The Morgan fingerprint density at radius 1 is 1.35 bits per heavy atom. The monoisotopic (exact) mass is 280 g/mol. The summed E-state index contributed by atoms with van der Waals surface area (Å²) < 4.78 is 0. The lowest BCUT2D eigenvalue weighted by Gasteiger charge is -2.25. The van der Waals surface area contributed by atoms with Gasteiger partial charge in [0.2, 0.25) is 5.91 Å². The van der Waals surface area contributed by atoms with Crippen LogP contribution in [0.1, 0.15) is 18.4 Å². The van der Waals surface area contributed by atoms with Crippen molar-refractivity contribution in [2.75, 3.05) is 0 Å². The number of hydroxylamine groups is 2. The second kappa shape index (κ2) is 7.90. The zero-order valence-electron chi connectivity index (χ0n) is 10.8. The van der Waals surface area contributed by atoms with Crippen molar-refractivity contribution in [1.29, 1.82) is 0 Å². The maximum Gasteiger partial charge on any atom is 0.324 e. The predicted molar refractivity (Wildman–Crippen MR) is 69.0 cm³/mol. The second-order valence-corrected chi connectivity index (χ2v) is 4.12. The molecule has 1 rings (SSSR count). The first-order valence-electron chi connectivity index (χ1n) is 5.96. The lowest BCUT2D eigenvalue weighted by molar-refractivity contribution is -0.198. The number of amides is 1. The third kappa shape index (κ3) is 5.07. The summed E-state index contributed by atoms with van der Waals surface area (Å²) in [6, 6.07) is 7.80. The summed E-state index contributed by atoms with van der Waals surface area (Å²) in [5.41, 5.74) is 5.78. The molecule has 0 aromatic heterocycles. The molecule has 1 aromatic carbocycles. The fraction of sp³-hybridized carbons (Fsp3) is 0.308. The van der Waals surface area contributed by atoms with Crippen molar-refractivity contribution >= 4 is 18.3 Å². The highest BCUT2D eigenvalue weighted by molar-refractivity contribution is 5.77. The third-order valence-electron chi connectivity index (χ3n) is 2.66. The van der Waals surface area contributed by atoms with E-state index in [0.29, 0.717) is 0 Å². The Labute approximate surface area is 115 Å². The third-order valence-corrected chi connectivity index (χ3v) is 2.66. The van der Waals surface area contributed by atoms with Crippen LogP contribution in [0.2, 0.25) is 0 Å². The van der Waals surface area contributed by atoms with Crippen LogP contribution in [0.25, 0.3) is 0 Å². The number of nitrogens with zero attached hydrogens (tertiary/aromatic N) is 1. The minimum absolute atomic E-state index is 0.0364. The lowest BCUT2D eigenvalue weighted by atomic mass is 10.1. The smallest absolute Gasteiger partial charge is 0.324 e. The van der Waals surface area contributed by atoms with Crippen molar-refractivity contribution in [2.45, 2.75) is 25.4 Å². The van der Waals surface area contributed by atoms with Crippen LogP contribution in [0.5, 0.6) is 0 Å². The van der Waals surface area contributed by atoms with Crippen molar-refractivity contribution in [3.8, 4) is 0 Å². The molecule has 0 heterocycles. The van der Waals surface area contributed by atoms with Gasteiger partial charge < -0.3 is 15.7 Å². The van der Waals surface area contributed by atoms with Crippen molar-refractivity contribution in [2.24, 2.45) is 5.73 Å². The van der Waals surface area contributed by atoms with E-state index >= 15 is 0 Å². The summed E-state index contributed by atoms with van der Waals surface area (Å²) in [6.07, 6.45) is -0.143. The van der Waals surface area contributed by atoms with Gasteiger partial charge in [-0.05, 0) is 12.0 Å². The highest BCUT2D eigenvalue weighted by Crippen LogP contribution is 2.13. The molecule has 0 radical (unpaired) electrons. The number of rotatable bonds is 9. The standard InChI is InChI=1S/C13H16N2O5/c14-12(17)7-6-11(13(18)19)15(20-9-16)8-10-4-2-1-3-5-10/h1-5,9,11H,6-8H2,(H2,14,17)(H,18,19)/t11-/m0/s1. The molecule has 1 amide bonds. The van der Waals surface area contributed by atoms with Crippen LogP contribution in [0, 0.1) is 0 Å². The van der Waals surface area contributed by atoms with E-state index in [1.807, 2.05) is 6.07 Å². The van der Waals surface area contributed by atoms with E-state index < -0.39 is 17.9 Å². The minimum Gasteiger partial charge on any atom is -0.480 e.